The third-order valence-electron chi connectivity index (χ3n) is 3.24. The highest BCUT2D eigenvalue weighted by molar-refractivity contribution is 5.96. The summed E-state index contributed by atoms with van der Waals surface area (Å²) >= 11 is 0. The summed E-state index contributed by atoms with van der Waals surface area (Å²) in [5.74, 6) is 0.0508. The van der Waals surface area contributed by atoms with Crippen LogP contribution in [0.4, 0.5) is 0 Å². The van der Waals surface area contributed by atoms with Gasteiger partial charge in [0.1, 0.15) is 0 Å². The van der Waals surface area contributed by atoms with E-state index in [1.807, 2.05) is 32.0 Å². The standard InChI is InChI=1S/C13H18N2O.ClH/c1-9-4-3-5-12(10(9)2)13(16)15-11-6-7-14-8-11;/h3-5,11,14H,6-8H2,1-2H3,(H,15,16);1H. The van der Waals surface area contributed by atoms with E-state index in [9.17, 15) is 4.79 Å². The number of aryl methyl sites for hydroxylation is 1. The quantitative estimate of drug-likeness (QED) is 0.845. The van der Waals surface area contributed by atoms with E-state index in [-0.39, 0.29) is 24.4 Å². The second kappa shape index (κ2) is 6.03. The van der Waals surface area contributed by atoms with Crippen LogP contribution in [0.5, 0.6) is 0 Å². The fourth-order valence-electron chi connectivity index (χ4n) is 2.04. The Bertz CT molecular complexity index is 400. The van der Waals surface area contributed by atoms with Gasteiger partial charge in [0.2, 0.25) is 0 Å². The SMILES string of the molecule is Cc1cccc(C(=O)NC2CCNC2)c1C.Cl. The van der Waals surface area contributed by atoms with E-state index in [0.29, 0.717) is 0 Å². The van der Waals surface area contributed by atoms with Crippen molar-refractivity contribution >= 4 is 18.3 Å². The summed E-state index contributed by atoms with van der Waals surface area (Å²) in [6, 6.07) is 6.14. The highest BCUT2D eigenvalue weighted by atomic mass is 35.5. The summed E-state index contributed by atoms with van der Waals surface area (Å²) in [7, 11) is 0. The fourth-order valence-corrected chi connectivity index (χ4v) is 2.04. The van der Waals surface area contributed by atoms with Crippen molar-refractivity contribution in [3.8, 4) is 0 Å². The maximum absolute atomic E-state index is 12.0. The average Bonchev–Trinajstić information content (AvgIpc) is 2.74. The van der Waals surface area contributed by atoms with Crippen LogP contribution in [0.3, 0.4) is 0 Å². The molecule has 1 saturated heterocycles. The van der Waals surface area contributed by atoms with Crippen LogP contribution in [0.1, 0.15) is 27.9 Å². The van der Waals surface area contributed by atoms with Gasteiger partial charge in [0, 0.05) is 18.2 Å². The molecule has 1 aromatic carbocycles. The van der Waals surface area contributed by atoms with Crippen molar-refractivity contribution in [3.05, 3.63) is 34.9 Å². The molecule has 1 unspecified atom stereocenters. The van der Waals surface area contributed by atoms with Crippen molar-refractivity contribution in [1.82, 2.24) is 10.6 Å². The fraction of sp³-hybridized carbons (Fsp3) is 0.462. The van der Waals surface area contributed by atoms with Crippen LogP contribution in [0.2, 0.25) is 0 Å². The van der Waals surface area contributed by atoms with Crippen molar-refractivity contribution in [2.45, 2.75) is 26.3 Å². The third-order valence-corrected chi connectivity index (χ3v) is 3.24. The highest BCUT2D eigenvalue weighted by Gasteiger charge is 2.18. The minimum atomic E-state index is 0. The summed E-state index contributed by atoms with van der Waals surface area (Å²) in [5.41, 5.74) is 3.04. The average molecular weight is 255 g/mol. The minimum absolute atomic E-state index is 0. The largest absolute Gasteiger partial charge is 0.348 e. The van der Waals surface area contributed by atoms with Gasteiger partial charge in [-0.25, -0.2) is 0 Å². The molecule has 1 aliphatic heterocycles. The number of carbonyl (C=O) groups is 1. The molecule has 1 aliphatic rings. The van der Waals surface area contributed by atoms with Crippen LogP contribution in [-0.4, -0.2) is 25.0 Å². The molecule has 0 bridgehead atoms. The number of amides is 1. The Labute approximate surface area is 108 Å². The van der Waals surface area contributed by atoms with E-state index in [0.717, 1.165) is 36.2 Å². The van der Waals surface area contributed by atoms with Crippen molar-refractivity contribution in [1.29, 1.82) is 0 Å². The lowest BCUT2D eigenvalue weighted by Gasteiger charge is -2.13. The van der Waals surface area contributed by atoms with Crippen LogP contribution >= 0.6 is 12.4 Å². The molecular formula is C13H19ClN2O. The van der Waals surface area contributed by atoms with Crippen LogP contribution in [0, 0.1) is 13.8 Å². The molecule has 1 fully saturated rings. The zero-order valence-corrected chi connectivity index (χ0v) is 11.1. The van der Waals surface area contributed by atoms with Crippen LogP contribution in [0.25, 0.3) is 0 Å². The molecule has 94 valence electrons. The summed E-state index contributed by atoms with van der Waals surface area (Å²) < 4.78 is 0. The molecular weight excluding hydrogens is 236 g/mol. The topological polar surface area (TPSA) is 41.1 Å². The molecule has 0 saturated carbocycles. The lowest BCUT2D eigenvalue weighted by molar-refractivity contribution is 0.0939. The first-order valence-corrected chi connectivity index (χ1v) is 5.76. The predicted molar refractivity (Wildman–Crippen MR) is 71.9 cm³/mol. The monoisotopic (exact) mass is 254 g/mol. The van der Waals surface area contributed by atoms with Crippen LogP contribution in [0.15, 0.2) is 18.2 Å². The van der Waals surface area contributed by atoms with E-state index in [2.05, 4.69) is 10.6 Å². The zero-order chi connectivity index (χ0) is 11.5. The van der Waals surface area contributed by atoms with E-state index in [4.69, 9.17) is 0 Å². The predicted octanol–water partition coefficient (Wildman–Crippen LogP) is 1.82. The Morgan fingerprint density at radius 3 is 2.82 bits per heavy atom. The number of benzene rings is 1. The summed E-state index contributed by atoms with van der Waals surface area (Å²) in [6.07, 6.45) is 1.02. The second-order valence-corrected chi connectivity index (χ2v) is 4.41. The molecule has 2 rings (SSSR count). The molecule has 17 heavy (non-hydrogen) atoms. The van der Waals surface area contributed by atoms with Gasteiger partial charge < -0.3 is 10.6 Å². The number of rotatable bonds is 2. The molecule has 0 spiro atoms. The maximum atomic E-state index is 12.0. The molecule has 1 heterocycles. The van der Waals surface area contributed by atoms with Crippen molar-refractivity contribution in [3.63, 3.8) is 0 Å². The van der Waals surface area contributed by atoms with E-state index >= 15 is 0 Å². The Morgan fingerprint density at radius 2 is 2.18 bits per heavy atom. The zero-order valence-electron chi connectivity index (χ0n) is 10.2. The Kier molecular flexibility index (Phi) is 4.97. The maximum Gasteiger partial charge on any atom is 0.251 e. The summed E-state index contributed by atoms with van der Waals surface area (Å²) in [6.45, 7) is 5.91. The Morgan fingerprint density at radius 1 is 1.41 bits per heavy atom. The number of hydrogen-bond donors (Lipinski definition) is 2. The molecule has 4 heteroatoms. The lowest BCUT2D eigenvalue weighted by atomic mass is 10.0. The van der Waals surface area contributed by atoms with E-state index in [1.165, 1.54) is 0 Å². The van der Waals surface area contributed by atoms with Gasteiger partial charge in [-0.05, 0) is 44.0 Å². The minimum Gasteiger partial charge on any atom is -0.348 e. The van der Waals surface area contributed by atoms with Gasteiger partial charge in [0.05, 0.1) is 0 Å². The first-order chi connectivity index (χ1) is 7.68. The Balaban J connectivity index is 0.00000144. The molecule has 0 aromatic heterocycles. The first-order valence-electron chi connectivity index (χ1n) is 5.76. The van der Waals surface area contributed by atoms with Gasteiger partial charge in [-0.3, -0.25) is 4.79 Å². The molecule has 0 radical (unpaired) electrons. The van der Waals surface area contributed by atoms with Crippen LogP contribution in [-0.2, 0) is 0 Å². The van der Waals surface area contributed by atoms with Crippen molar-refractivity contribution < 1.29 is 4.79 Å². The van der Waals surface area contributed by atoms with Crippen LogP contribution < -0.4 is 10.6 Å². The molecule has 1 amide bonds. The van der Waals surface area contributed by atoms with Gasteiger partial charge in [0.15, 0.2) is 0 Å². The molecule has 2 N–H and O–H groups in total. The first kappa shape index (κ1) is 14.0. The number of hydrogen-bond acceptors (Lipinski definition) is 2. The van der Waals surface area contributed by atoms with Gasteiger partial charge in [-0.15, -0.1) is 12.4 Å². The van der Waals surface area contributed by atoms with Gasteiger partial charge in [-0.2, -0.15) is 0 Å². The van der Waals surface area contributed by atoms with Gasteiger partial charge in [0.25, 0.3) is 5.91 Å². The molecule has 1 aromatic rings. The normalized spacial score (nSPS) is 18.6. The van der Waals surface area contributed by atoms with Crippen molar-refractivity contribution in [2.24, 2.45) is 0 Å². The second-order valence-electron chi connectivity index (χ2n) is 4.41. The summed E-state index contributed by atoms with van der Waals surface area (Å²) in [4.78, 5) is 12.0. The van der Waals surface area contributed by atoms with E-state index in [1.54, 1.807) is 0 Å². The summed E-state index contributed by atoms with van der Waals surface area (Å²) in [5, 5.41) is 6.30. The number of halogens is 1. The molecule has 0 aliphatic carbocycles. The molecule has 3 nitrogen and oxygen atoms in total. The highest BCUT2D eigenvalue weighted by Crippen LogP contribution is 2.13. The Hall–Kier alpha value is -1.06. The van der Waals surface area contributed by atoms with E-state index < -0.39 is 0 Å². The van der Waals surface area contributed by atoms with Crippen molar-refractivity contribution in [2.75, 3.05) is 13.1 Å². The molecule has 1 atom stereocenters. The number of nitrogens with one attached hydrogen (secondary N) is 2. The van der Waals surface area contributed by atoms with Gasteiger partial charge >= 0.3 is 0 Å². The third kappa shape index (κ3) is 3.20. The number of carbonyl (C=O) groups excluding carboxylic acids is 1. The lowest BCUT2D eigenvalue weighted by Crippen LogP contribution is -2.36. The smallest absolute Gasteiger partial charge is 0.251 e. The van der Waals surface area contributed by atoms with Gasteiger partial charge in [-0.1, -0.05) is 12.1 Å².